The fourth-order valence-corrected chi connectivity index (χ4v) is 1.42. The predicted octanol–water partition coefficient (Wildman–Crippen LogP) is 0.356. The Morgan fingerprint density at radius 3 is 2.57 bits per heavy atom. The zero-order valence-corrected chi connectivity index (χ0v) is 11.7. The molecule has 0 radical (unpaired) electrons. The van der Waals surface area contributed by atoms with Crippen LogP contribution in [0.4, 0.5) is 10.5 Å². The van der Waals surface area contributed by atoms with Crippen LogP contribution in [0.2, 0.25) is 0 Å². The van der Waals surface area contributed by atoms with Crippen LogP contribution in [0.3, 0.4) is 0 Å². The molecule has 0 aliphatic heterocycles. The molecule has 0 bridgehead atoms. The van der Waals surface area contributed by atoms with Gasteiger partial charge in [-0.25, -0.2) is 4.79 Å². The van der Waals surface area contributed by atoms with Crippen molar-refractivity contribution in [2.45, 2.75) is 19.8 Å². The van der Waals surface area contributed by atoms with Gasteiger partial charge in [0.05, 0.1) is 30.5 Å². The van der Waals surface area contributed by atoms with Gasteiger partial charge in [-0.15, -0.1) is 0 Å². The number of amides is 3. The summed E-state index contributed by atoms with van der Waals surface area (Å²) in [4.78, 5) is 37.2. The second kappa shape index (κ2) is 8.51. The van der Waals surface area contributed by atoms with E-state index in [1.54, 1.807) is 6.07 Å². The summed E-state index contributed by atoms with van der Waals surface area (Å²) < 4.78 is 0. The highest BCUT2D eigenvalue weighted by molar-refractivity contribution is 5.92. The number of carboxylic acid groups (broad SMARTS) is 1. The normalized spacial score (nSPS) is 9.76. The van der Waals surface area contributed by atoms with Gasteiger partial charge in [0.15, 0.2) is 0 Å². The molecule has 1 rings (SSSR count). The van der Waals surface area contributed by atoms with Crippen LogP contribution in [0.1, 0.15) is 19.0 Å². The fourth-order valence-electron chi connectivity index (χ4n) is 1.42. The minimum Gasteiger partial charge on any atom is -0.481 e. The molecular formula is C13H18N4O4. The number of pyridine rings is 1. The number of hydrogen-bond donors (Lipinski definition) is 4. The molecule has 8 heteroatoms. The smallest absolute Gasteiger partial charge is 0.319 e. The highest BCUT2D eigenvalue weighted by Gasteiger charge is 2.06. The van der Waals surface area contributed by atoms with E-state index in [-0.39, 0.29) is 18.9 Å². The Morgan fingerprint density at radius 2 is 2.00 bits per heavy atom. The summed E-state index contributed by atoms with van der Waals surface area (Å²) in [5, 5.41) is 16.1. The van der Waals surface area contributed by atoms with Crippen LogP contribution >= 0.6 is 0 Å². The fraction of sp³-hybridized carbons (Fsp3) is 0.385. The minimum absolute atomic E-state index is 0.115. The predicted molar refractivity (Wildman–Crippen MR) is 75.9 cm³/mol. The summed E-state index contributed by atoms with van der Waals surface area (Å²) in [5.41, 5.74) is 0.808. The second-order valence-electron chi connectivity index (χ2n) is 4.27. The van der Waals surface area contributed by atoms with Crippen molar-refractivity contribution in [3.8, 4) is 0 Å². The number of carboxylic acids is 1. The highest BCUT2D eigenvalue weighted by atomic mass is 16.4. The molecule has 0 aromatic carbocycles. The van der Waals surface area contributed by atoms with E-state index in [9.17, 15) is 14.4 Å². The Hall–Kier alpha value is -2.64. The zero-order chi connectivity index (χ0) is 15.7. The van der Waals surface area contributed by atoms with Gasteiger partial charge >= 0.3 is 12.0 Å². The molecule has 8 nitrogen and oxygen atoms in total. The lowest BCUT2D eigenvalue weighted by atomic mass is 10.2. The molecule has 21 heavy (non-hydrogen) atoms. The van der Waals surface area contributed by atoms with E-state index in [2.05, 4.69) is 20.9 Å². The van der Waals surface area contributed by atoms with Crippen LogP contribution < -0.4 is 16.0 Å². The average molecular weight is 294 g/mol. The van der Waals surface area contributed by atoms with Crippen molar-refractivity contribution in [1.82, 2.24) is 15.6 Å². The monoisotopic (exact) mass is 294 g/mol. The van der Waals surface area contributed by atoms with Crippen LogP contribution in [-0.2, 0) is 16.0 Å². The van der Waals surface area contributed by atoms with Crippen LogP contribution in [0.25, 0.3) is 0 Å². The Kier molecular flexibility index (Phi) is 6.66. The van der Waals surface area contributed by atoms with Gasteiger partial charge in [0.25, 0.3) is 0 Å². The van der Waals surface area contributed by atoms with Crippen molar-refractivity contribution >= 4 is 23.6 Å². The Balaban J connectivity index is 2.37. The minimum atomic E-state index is -0.973. The zero-order valence-electron chi connectivity index (χ0n) is 11.7. The average Bonchev–Trinajstić information content (AvgIpc) is 2.44. The lowest BCUT2D eigenvalue weighted by Gasteiger charge is -2.08. The summed E-state index contributed by atoms with van der Waals surface area (Å²) in [6, 6.07) is 2.52. The molecule has 0 spiro atoms. The van der Waals surface area contributed by atoms with Gasteiger partial charge in [-0.05, 0) is 18.6 Å². The number of carbonyl (C=O) groups excluding carboxylic acids is 2. The number of nitrogens with zero attached hydrogens (tertiary/aromatic N) is 1. The SMILES string of the molecule is CCCNC(=O)CNC(=O)Nc1ccc(CC(=O)O)nc1. The van der Waals surface area contributed by atoms with Gasteiger partial charge in [-0.2, -0.15) is 0 Å². The number of nitrogens with one attached hydrogen (secondary N) is 3. The van der Waals surface area contributed by atoms with Crippen molar-refractivity contribution < 1.29 is 19.5 Å². The number of aromatic nitrogens is 1. The molecule has 114 valence electrons. The van der Waals surface area contributed by atoms with Crippen molar-refractivity contribution in [1.29, 1.82) is 0 Å². The van der Waals surface area contributed by atoms with E-state index in [0.717, 1.165) is 6.42 Å². The lowest BCUT2D eigenvalue weighted by molar-refractivity contribution is -0.136. The van der Waals surface area contributed by atoms with E-state index in [4.69, 9.17) is 5.11 Å². The molecule has 0 atom stereocenters. The first-order chi connectivity index (χ1) is 10.0. The second-order valence-corrected chi connectivity index (χ2v) is 4.27. The summed E-state index contributed by atoms with van der Waals surface area (Å²) in [7, 11) is 0. The molecule has 3 amide bonds. The number of hydrogen-bond acceptors (Lipinski definition) is 4. The van der Waals surface area contributed by atoms with Gasteiger partial charge in [0.2, 0.25) is 5.91 Å². The third-order valence-corrected chi connectivity index (χ3v) is 2.40. The third-order valence-electron chi connectivity index (χ3n) is 2.40. The summed E-state index contributed by atoms with van der Waals surface area (Å²) in [5.74, 6) is -1.24. The van der Waals surface area contributed by atoms with Gasteiger partial charge in [0, 0.05) is 6.54 Å². The highest BCUT2D eigenvalue weighted by Crippen LogP contribution is 2.06. The molecule has 1 aromatic rings. The van der Waals surface area contributed by atoms with Crippen LogP contribution in [0.5, 0.6) is 0 Å². The number of aliphatic carboxylic acids is 1. The van der Waals surface area contributed by atoms with Crippen LogP contribution in [0, 0.1) is 0 Å². The Morgan fingerprint density at radius 1 is 1.24 bits per heavy atom. The molecule has 1 aromatic heterocycles. The maximum atomic E-state index is 11.5. The molecule has 4 N–H and O–H groups in total. The first kappa shape index (κ1) is 16.4. The Labute approximate surface area is 121 Å². The molecule has 0 fully saturated rings. The quantitative estimate of drug-likeness (QED) is 0.578. The van der Waals surface area contributed by atoms with E-state index in [1.807, 2.05) is 6.92 Å². The van der Waals surface area contributed by atoms with Crippen LogP contribution in [0.15, 0.2) is 18.3 Å². The first-order valence-corrected chi connectivity index (χ1v) is 6.49. The molecule has 0 aliphatic carbocycles. The molecular weight excluding hydrogens is 276 g/mol. The van der Waals surface area contributed by atoms with Gasteiger partial charge < -0.3 is 21.1 Å². The van der Waals surface area contributed by atoms with E-state index >= 15 is 0 Å². The lowest BCUT2D eigenvalue weighted by Crippen LogP contribution is -2.39. The molecule has 0 unspecified atom stereocenters. The number of carbonyl (C=O) groups is 3. The molecule has 0 saturated carbocycles. The topological polar surface area (TPSA) is 120 Å². The van der Waals surface area contributed by atoms with Gasteiger partial charge in [0.1, 0.15) is 0 Å². The summed E-state index contributed by atoms with van der Waals surface area (Å²) in [6.07, 6.45) is 2.01. The van der Waals surface area contributed by atoms with Crippen molar-refractivity contribution in [2.75, 3.05) is 18.4 Å². The maximum Gasteiger partial charge on any atom is 0.319 e. The van der Waals surface area contributed by atoms with Crippen molar-refractivity contribution in [2.24, 2.45) is 0 Å². The molecule has 1 heterocycles. The van der Waals surface area contributed by atoms with Crippen molar-refractivity contribution in [3.63, 3.8) is 0 Å². The number of anilines is 1. The van der Waals surface area contributed by atoms with Crippen LogP contribution in [-0.4, -0.2) is 41.1 Å². The maximum absolute atomic E-state index is 11.5. The summed E-state index contributed by atoms with van der Waals surface area (Å²) >= 11 is 0. The third kappa shape index (κ3) is 6.90. The van der Waals surface area contributed by atoms with E-state index < -0.39 is 12.0 Å². The standard InChI is InChI=1S/C13H18N4O4/c1-2-5-14-11(18)8-16-13(21)17-10-4-3-9(15-7-10)6-12(19)20/h3-4,7H,2,5-6,8H2,1H3,(H,14,18)(H,19,20)(H2,16,17,21). The number of rotatable bonds is 7. The molecule has 0 aliphatic rings. The van der Waals surface area contributed by atoms with Gasteiger partial charge in [-0.3, -0.25) is 14.6 Å². The first-order valence-electron chi connectivity index (χ1n) is 6.49. The van der Waals surface area contributed by atoms with Gasteiger partial charge in [-0.1, -0.05) is 6.92 Å². The number of urea groups is 1. The summed E-state index contributed by atoms with van der Waals surface area (Å²) in [6.45, 7) is 2.38. The largest absolute Gasteiger partial charge is 0.481 e. The van der Waals surface area contributed by atoms with E-state index in [1.165, 1.54) is 12.3 Å². The molecule has 0 saturated heterocycles. The Bertz CT molecular complexity index is 501. The van der Waals surface area contributed by atoms with E-state index in [0.29, 0.717) is 17.9 Å². The van der Waals surface area contributed by atoms with Crippen molar-refractivity contribution in [3.05, 3.63) is 24.0 Å².